The van der Waals surface area contributed by atoms with Crippen molar-refractivity contribution >= 4 is 32.7 Å². The first-order valence-electron chi connectivity index (χ1n) is 5.60. The van der Waals surface area contributed by atoms with Gasteiger partial charge in [-0.2, -0.15) is 0 Å². The maximum absolute atomic E-state index is 11.2. The topological polar surface area (TPSA) is 87.0 Å². The van der Waals surface area contributed by atoms with Gasteiger partial charge in [0.1, 0.15) is 10.3 Å². The Morgan fingerprint density at radius 3 is 3.06 bits per heavy atom. The van der Waals surface area contributed by atoms with Crippen molar-refractivity contribution in [2.75, 3.05) is 0 Å². The molecule has 0 spiro atoms. The summed E-state index contributed by atoms with van der Waals surface area (Å²) in [5.74, 6) is 0.741. The molecule has 1 aromatic carbocycles. The van der Waals surface area contributed by atoms with Crippen molar-refractivity contribution in [3.8, 4) is 0 Å². The van der Waals surface area contributed by atoms with Gasteiger partial charge in [-0.25, -0.2) is 4.98 Å². The highest BCUT2D eigenvalue weighted by atomic mass is 79.9. The van der Waals surface area contributed by atoms with Crippen molar-refractivity contribution in [2.45, 2.75) is 25.9 Å². The molecule has 1 unspecified atom stereocenters. The summed E-state index contributed by atoms with van der Waals surface area (Å²) in [6, 6.07) is 1.79. The average molecular weight is 311 g/mol. The van der Waals surface area contributed by atoms with Crippen molar-refractivity contribution in [3.63, 3.8) is 0 Å². The van der Waals surface area contributed by atoms with Crippen LogP contribution in [0.25, 0.3) is 11.0 Å². The molecule has 18 heavy (non-hydrogen) atoms. The number of nitro groups is 1. The van der Waals surface area contributed by atoms with Crippen molar-refractivity contribution in [2.24, 2.45) is 5.73 Å². The van der Waals surface area contributed by atoms with E-state index < -0.39 is 4.92 Å². The zero-order valence-electron chi connectivity index (χ0n) is 9.68. The Balaban J connectivity index is 2.43. The fourth-order valence-electron chi connectivity index (χ4n) is 2.45. The van der Waals surface area contributed by atoms with Gasteiger partial charge >= 0.3 is 5.69 Å². The SMILES string of the molecule is Cc1cc2c(nc3n2CCC3N)c([N+](=O)[O-])c1Br. The Morgan fingerprint density at radius 2 is 2.39 bits per heavy atom. The van der Waals surface area contributed by atoms with E-state index in [4.69, 9.17) is 5.73 Å². The molecule has 2 N–H and O–H groups in total. The molecule has 1 aromatic heterocycles. The summed E-state index contributed by atoms with van der Waals surface area (Å²) in [4.78, 5) is 15.2. The predicted octanol–water partition coefficient (Wildman–Crippen LogP) is 2.42. The summed E-state index contributed by atoms with van der Waals surface area (Å²) < 4.78 is 2.47. The Bertz CT molecular complexity index is 679. The lowest BCUT2D eigenvalue weighted by Crippen LogP contribution is -2.06. The van der Waals surface area contributed by atoms with Crippen LogP contribution in [-0.2, 0) is 6.54 Å². The molecule has 0 saturated carbocycles. The first kappa shape index (κ1) is 11.6. The van der Waals surface area contributed by atoms with E-state index in [1.807, 2.05) is 17.6 Å². The first-order valence-corrected chi connectivity index (χ1v) is 6.39. The minimum Gasteiger partial charge on any atom is -0.326 e. The van der Waals surface area contributed by atoms with Gasteiger partial charge in [0, 0.05) is 6.54 Å². The van der Waals surface area contributed by atoms with E-state index in [9.17, 15) is 10.1 Å². The van der Waals surface area contributed by atoms with E-state index in [1.165, 1.54) is 0 Å². The van der Waals surface area contributed by atoms with E-state index in [-0.39, 0.29) is 11.7 Å². The fraction of sp³-hybridized carbons (Fsp3) is 0.364. The molecule has 94 valence electrons. The molecule has 0 radical (unpaired) electrons. The van der Waals surface area contributed by atoms with Gasteiger partial charge in [0.2, 0.25) is 0 Å². The normalized spacial score (nSPS) is 18.3. The molecule has 1 atom stereocenters. The van der Waals surface area contributed by atoms with Crippen LogP contribution in [0.1, 0.15) is 23.9 Å². The standard InChI is InChI=1S/C11H11BrN4O2/c1-5-4-7-9(10(8(5)12)16(17)18)14-11-6(13)2-3-15(7)11/h4,6H,2-3,13H2,1H3. The van der Waals surface area contributed by atoms with Gasteiger partial charge in [-0.3, -0.25) is 10.1 Å². The van der Waals surface area contributed by atoms with Gasteiger partial charge in [-0.05, 0) is 40.9 Å². The molecular formula is C11H11BrN4O2. The number of halogens is 1. The molecule has 7 heteroatoms. The van der Waals surface area contributed by atoms with Crippen molar-refractivity contribution in [3.05, 3.63) is 32.0 Å². The highest BCUT2D eigenvalue weighted by molar-refractivity contribution is 9.10. The molecular weight excluding hydrogens is 300 g/mol. The molecule has 2 heterocycles. The summed E-state index contributed by atoms with van der Waals surface area (Å²) in [5, 5.41) is 11.2. The number of nitro benzene ring substituents is 1. The maximum Gasteiger partial charge on any atom is 0.311 e. The number of hydrogen-bond acceptors (Lipinski definition) is 4. The fourth-order valence-corrected chi connectivity index (χ4v) is 2.89. The lowest BCUT2D eigenvalue weighted by molar-refractivity contribution is -0.384. The molecule has 3 rings (SSSR count). The van der Waals surface area contributed by atoms with Gasteiger partial charge in [0.15, 0.2) is 5.52 Å². The minimum absolute atomic E-state index is 0.0269. The number of imidazole rings is 1. The largest absolute Gasteiger partial charge is 0.326 e. The second-order valence-electron chi connectivity index (χ2n) is 4.50. The number of rotatable bonds is 1. The van der Waals surface area contributed by atoms with E-state index in [0.29, 0.717) is 9.99 Å². The number of nitrogens with two attached hydrogens (primary N) is 1. The molecule has 0 amide bonds. The van der Waals surface area contributed by atoms with Crippen LogP contribution < -0.4 is 5.73 Å². The summed E-state index contributed by atoms with van der Waals surface area (Å²) in [7, 11) is 0. The number of hydrogen-bond donors (Lipinski definition) is 1. The maximum atomic E-state index is 11.2. The number of aryl methyl sites for hydroxylation is 2. The summed E-state index contributed by atoms with van der Waals surface area (Å²) >= 11 is 3.27. The molecule has 1 aliphatic heterocycles. The molecule has 2 aromatic rings. The number of aromatic nitrogens is 2. The Labute approximate surface area is 111 Å². The van der Waals surface area contributed by atoms with Crippen molar-refractivity contribution in [1.82, 2.24) is 9.55 Å². The third kappa shape index (κ3) is 1.40. The van der Waals surface area contributed by atoms with Crippen LogP contribution in [0, 0.1) is 17.0 Å². The van der Waals surface area contributed by atoms with Crippen molar-refractivity contribution in [1.29, 1.82) is 0 Å². The molecule has 0 saturated heterocycles. The molecule has 1 aliphatic rings. The summed E-state index contributed by atoms with van der Waals surface area (Å²) in [6.45, 7) is 2.61. The lowest BCUT2D eigenvalue weighted by atomic mass is 10.2. The van der Waals surface area contributed by atoms with Crippen LogP contribution in [0.4, 0.5) is 5.69 Å². The second-order valence-corrected chi connectivity index (χ2v) is 5.29. The number of nitrogens with zero attached hydrogens (tertiary/aromatic N) is 3. The summed E-state index contributed by atoms with van der Waals surface area (Å²) in [6.07, 6.45) is 0.835. The zero-order chi connectivity index (χ0) is 13.0. The quantitative estimate of drug-likeness (QED) is 0.647. The monoisotopic (exact) mass is 310 g/mol. The molecule has 0 bridgehead atoms. The first-order chi connectivity index (χ1) is 8.50. The third-order valence-corrected chi connectivity index (χ3v) is 4.35. The van der Waals surface area contributed by atoms with E-state index >= 15 is 0 Å². The Kier molecular flexibility index (Phi) is 2.43. The van der Waals surface area contributed by atoms with Gasteiger partial charge in [0.25, 0.3) is 0 Å². The van der Waals surface area contributed by atoms with Gasteiger partial charge in [-0.1, -0.05) is 0 Å². The smallest absolute Gasteiger partial charge is 0.311 e. The van der Waals surface area contributed by atoms with Crippen LogP contribution in [0.15, 0.2) is 10.5 Å². The van der Waals surface area contributed by atoms with Gasteiger partial charge in [0.05, 0.1) is 16.5 Å². The van der Waals surface area contributed by atoms with Crippen LogP contribution in [-0.4, -0.2) is 14.5 Å². The van der Waals surface area contributed by atoms with Crippen LogP contribution in [0.5, 0.6) is 0 Å². The number of benzene rings is 1. The van der Waals surface area contributed by atoms with Crippen LogP contribution in [0.2, 0.25) is 0 Å². The average Bonchev–Trinajstić information content (AvgIpc) is 2.81. The second kappa shape index (κ2) is 3.76. The third-order valence-electron chi connectivity index (χ3n) is 3.35. The molecule has 6 nitrogen and oxygen atoms in total. The molecule has 0 fully saturated rings. The zero-order valence-corrected chi connectivity index (χ0v) is 11.3. The Morgan fingerprint density at radius 1 is 1.67 bits per heavy atom. The van der Waals surface area contributed by atoms with E-state index in [1.54, 1.807) is 0 Å². The minimum atomic E-state index is -0.395. The predicted molar refractivity (Wildman–Crippen MR) is 70.4 cm³/mol. The van der Waals surface area contributed by atoms with Crippen LogP contribution >= 0.6 is 15.9 Å². The Hall–Kier alpha value is -1.47. The van der Waals surface area contributed by atoms with Gasteiger partial charge in [-0.15, -0.1) is 0 Å². The highest BCUT2D eigenvalue weighted by Gasteiger charge is 2.29. The van der Waals surface area contributed by atoms with E-state index in [2.05, 4.69) is 20.9 Å². The lowest BCUT2D eigenvalue weighted by Gasteiger charge is -2.03. The summed E-state index contributed by atoms with van der Waals surface area (Å²) in [5.41, 5.74) is 8.02. The van der Waals surface area contributed by atoms with Gasteiger partial charge < -0.3 is 10.3 Å². The van der Waals surface area contributed by atoms with E-state index in [0.717, 1.165) is 29.9 Å². The van der Waals surface area contributed by atoms with Crippen molar-refractivity contribution < 1.29 is 4.92 Å². The molecule has 0 aliphatic carbocycles. The number of fused-ring (bicyclic) bond motifs is 3. The highest BCUT2D eigenvalue weighted by Crippen LogP contribution is 2.38. The van der Waals surface area contributed by atoms with Crippen LogP contribution in [0.3, 0.4) is 0 Å².